The van der Waals surface area contributed by atoms with Gasteiger partial charge in [-0.05, 0) is 48.4 Å². The third kappa shape index (κ3) is 6.01. The van der Waals surface area contributed by atoms with Crippen molar-refractivity contribution < 1.29 is 14.6 Å². The predicted octanol–water partition coefficient (Wildman–Crippen LogP) is 3.12. The van der Waals surface area contributed by atoms with Crippen LogP contribution in [-0.4, -0.2) is 41.4 Å². The maximum atomic E-state index is 11.8. The second-order valence-electron chi connectivity index (χ2n) is 6.72. The van der Waals surface area contributed by atoms with Crippen molar-refractivity contribution >= 4 is 11.7 Å². The van der Waals surface area contributed by atoms with Crippen molar-refractivity contribution in [3.8, 4) is 23.1 Å². The number of urea groups is 1. The van der Waals surface area contributed by atoms with Crippen LogP contribution in [0.4, 0.5) is 10.5 Å². The van der Waals surface area contributed by atoms with Gasteiger partial charge in [0.05, 0.1) is 18.4 Å². The number of anilines is 1. The number of aliphatic hydroxyl groups excluding tert-OH is 1. The molecule has 0 saturated heterocycles. The molecule has 0 bridgehead atoms. The number of aliphatic hydroxyl groups is 1. The number of hydrogen-bond donors (Lipinski definition) is 3. The lowest BCUT2D eigenvalue weighted by atomic mass is 10.1. The van der Waals surface area contributed by atoms with Crippen LogP contribution in [0.1, 0.15) is 23.4 Å². The molecule has 0 fully saturated rings. The largest absolute Gasteiger partial charge is 0.495 e. The molecule has 0 spiro atoms. The summed E-state index contributed by atoms with van der Waals surface area (Å²) in [4.78, 5) is 20.7. The Balaban J connectivity index is 1.67. The van der Waals surface area contributed by atoms with Crippen LogP contribution in [0.25, 0.3) is 11.3 Å². The molecular weight excluding hydrogens is 394 g/mol. The molecule has 0 aliphatic carbocycles. The quantitative estimate of drug-likeness (QED) is 0.484. The number of nitrogens with one attached hydrogen (secondary N) is 2. The van der Waals surface area contributed by atoms with E-state index < -0.39 is 0 Å². The summed E-state index contributed by atoms with van der Waals surface area (Å²) in [6.45, 7) is 0.453. The minimum Gasteiger partial charge on any atom is -0.495 e. The molecule has 0 aliphatic heterocycles. The second-order valence-corrected chi connectivity index (χ2v) is 6.72. The number of ether oxygens (including phenoxy) is 1. The summed E-state index contributed by atoms with van der Waals surface area (Å²) in [5.41, 5.74) is 3.65. The standard InChI is InChI=1S/C23H23N5O3/c1-31-21-8-5-17(14-18(21)15-24)20-9-11-25-22(28-20)13-16-3-6-19(7-4-16)27-23(30)26-10-2-12-29/h3-9,11,14,29H,2,10,12-13H2,1H3,(H2,26,27,30). The van der Waals surface area contributed by atoms with Crippen LogP contribution >= 0.6 is 0 Å². The van der Waals surface area contributed by atoms with Crippen molar-refractivity contribution in [2.24, 2.45) is 0 Å². The van der Waals surface area contributed by atoms with Crippen molar-refractivity contribution in [3.05, 3.63) is 71.7 Å². The molecule has 0 atom stereocenters. The molecule has 0 aliphatic rings. The Morgan fingerprint density at radius 2 is 2.00 bits per heavy atom. The molecule has 0 radical (unpaired) electrons. The Morgan fingerprint density at radius 3 is 2.71 bits per heavy atom. The van der Waals surface area contributed by atoms with Crippen molar-refractivity contribution in [3.63, 3.8) is 0 Å². The second kappa shape index (κ2) is 10.7. The molecule has 3 aromatic rings. The summed E-state index contributed by atoms with van der Waals surface area (Å²) >= 11 is 0. The monoisotopic (exact) mass is 417 g/mol. The highest BCUT2D eigenvalue weighted by Crippen LogP contribution is 2.25. The van der Waals surface area contributed by atoms with E-state index in [-0.39, 0.29) is 12.6 Å². The van der Waals surface area contributed by atoms with E-state index in [1.54, 1.807) is 24.4 Å². The Kier molecular flexibility index (Phi) is 7.51. The first-order valence-electron chi connectivity index (χ1n) is 9.78. The van der Waals surface area contributed by atoms with Gasteiger partial charge in [0.15, 0.2) is 0 Å². The molecule has 8 heteroatoms. The number of hydrogen-bond acceptors (Lipinski definition) is 6. The first kappa shape index (κ1) is 21.7. The number of carbonyl (C=O) groups excluding carboxylic acids is 1. The van der Waals surface area contributed by atoms with Gasteiger partial charge >= 0.3 is 6.03 Å². The van der Waals surface area contributed by atoms with E-state index in [4.69, 9.17) is 9.84 Å². The van der Waals surface area contributed by atoms with E-state index in [9.17, 15) is 10.1 Å². The molecule has 2 amide bonds. The number of benzene rings is 2. The molecule has 2 aromatic carbocycles. The number of rotatable bonds is 8. The number of amides is 2. The molecule has 158 valence electrons. The highest BCUT2D eigenvalue weighted by molar-refractivity contribution is 5.89. The van der Waals surface area contributed by atoms with Crippen molar-refractivity contribution in [2.75, 3.05) is 25.6 Å². The molecular formula is C23H23N5O3. The number of nitrogens with zero attached hydrogens (tertiary/aromatic N) is 3. The van der Waals surface area contributed by atoms with E-state index in [2.05, 4.69) is 26.7 Å². The average Bonchev–Trinajstić information content (AvgIpc) is 2.80. The van der Waals surface area contributed by atoms with Crippen molar-refractivity contribution in [1.29, 1.82) is 5.26 Å². The summed E-state index contributed by atoms with van der Waals surface area (Å²) in [5, 5.41) is 23.5. The third-order valence-electron chi connectivity index (χ3n) is 4.52. The molecule has 0 unspecified atom stereocenters. The first-order chi connectivity index (χ1) is 15.1. The highest BCUT2D eigenvalue weighted by atomic mass is 16.5. The van der Waals surface area contributed by atoms with Gasteiger partial charge in [0.25, 0.3) is 0 Å². The van der Waals surface area contributed by atoms with E-state index in [0.717, 1.165) is 16.8 Å². The van der Waals surface area contributed by atoms with Crippen LogP contribution in [-0.2, 0) is 6.42 Å². The Labute approximate surface area is 180 Å². The van der Waals surface area contributed by atoms with Gasteiger partial charge in [-0.1, -0.05) is 12.1 Å². The molecule has 1 aromatic heterocycles. The zero-order valence-corrected chi connectivity index (χ0v) is 17.1. The summed E-state index contributed by atoms with van der Waals surface area (Å²) in [7, 11) is 1.53. The zero-order chi connectivity index (χ0) is 22.1. The molecule has 1 heterocycles. The fourth-order valence-electron chi connectivity index (χ4n) is 2.94. The Hall–Kier alpha value is -3.96. The molecule has 31 heavy (non-hydrogen) atoms. The van der Waals surface area contributed by atoms with Gasteiger partial charge in [0, 0.05) is 37.0 Å². The van der Waals surface area contributed by atoms with Crippen LogP contribution in [0.2, 0.25) is 0 Å². The smallest absolute Gasteiger partial charge is 0.319 e. The van der Waals surface area contributed by atoms with Crippen LogP contribution in [0.15, 0.2) is 54.7 Å². The van der Waals surface area contributed by atoms with E-state index >= 15 is 0 Å². The van der Waals surface area contributed by atoms with Gasteiger partial charge in [-0.3, -0.25) is 0 Å². The van der Waals surface area contributed by atoms with E-state index in [1.165, 1.54) is 7.11 Å². The minimum atomic E-state index is -0.312. The maximum Gasteiger partial charge on any atom is 0.319 e. The van der Waals surface area contributed by atoms with Crippen LogP contribution in [0.5, 0.6) is 5.75 Å². The van der Waals surface area contributed by atoms with Crippen LogP contribution in [0.3, 0.4) is 0 Å². The lowest BCUT2D eigenvalue weighted by molar-refractivity contribution is 0.249. The van der Waals surface area contributed by atoms with Gasteiger partial charge in [0.2, 0.25) is 0 Å². The van der Waals surface area contributed by atoms with Gasteiger partial charge in [0.1, 0.15) is 17.6 Å². The lowest BCUT2D eigenvalue weighted by Crippen LogP contribution is -2.29. The normalized spacial score (nSPS) is 10.2. The fourth-order valence-corrected chi connectivity index (χ4v) is 2.94. The lowest BCUT2D eigenvalue weighted by Gasteiger charge is -2.09. The summed E-state index contributed by atoms with van der Waals surface area (Å²) < 4.78 is 5.19. The van der Waals surface area contributed by atoms with Gasteiger partial charge < -0.3 is 20.5 Å². The predicted molar refractivity (Wildman–Crippen MR) is 117 cm³/mol. The topological polar surface area (TPSA) is 120 Å². The van der Waals surface area contributed by atoms with Crippen molar-refractivity contribution in [2.45, 2.75) is 12.8 Å². The summed E-state index contributed by atoms with van der Waals surface area (Å²) in [5.74, 6) is 1.17. The maximum absolute atomic E-state index is 11.8. The van der Waals surface area contributed by atoms with Gasteiger partial charge in [-0.25, -0.2) is 14.8 Å². The molecule has 0 saturated carbocycles. The fraction of sp³-hybridized carbons (Fsp3) is 0.217. The average molecular weight is 417 g/mol. The minimum absolute atomic E-state index is 0.0379. The third-order valence-corrected chi connectivity index (χ3v) is 4.52. The number of methoxy groups -OCH3 is 1. The SMILES string of the molecule is COc1ccc(-c2ccnc(Cc3ccc(NC(=O)NCCCO)cc3)n2)cc1C#N. The van der Waals surface area contributed by atoms with Gasteiger partial charge in [-0.15, -0.1) is 0 Å². The van der Waals surface area contributed by atoms with Crippen molar-refractivity contribution in [1.82, 2.24) is 15.3 Å². The highest BCUT2D eigenvalue weighted by Gasteiger charge is 2.08. The van der Waals surface area contributed by atoms with E-state index in [0.29, 0.717) is 42.2 Å². The Bertz CT molecular complexity index is 1080. The van der Waals surface area contributed by atoms with Crippen LogP contribution in [0, 0.1) is 11.3 Å². The number of aromatic nitrogens is 2. The van der Waals surface area contributed by atoms with Crippen LogP contribution < -0.4 is 15.4 Å². The molecule has 3 N–H and O–H groups in total. The van der Waals surface area contributed by atoms with Gasteiger partial charge in [-0.2, -0.15) is 5.26 Å². The molecule has 8 nitrogen and oxygen atoms in total. The Morgan fingerprint density at radius 1 is 1.19 bits per heavy atom. The summed E-state index contributed by atoms with van der Waals surface area (Å²) in [6.07, 6.45) is 2.73. The number of nitriles is 1. The zero-order valence-electron chi connectivity index (χ0n) is 17.1. The first-order valence-corrected chi connectivity index (χ1v) is 9.78. The van der Waals surface area contributed by atoms with E-state index in [1.807, 2.05) is 30.3 Å². The number of carbonyl (C=O) groups is 1. The molecule has 3 rings (SSSR count). The summed E-state index contributed by atoms with van der Waals surface area (Å²) in [6, 6.07) is 16.4.